The van der Waals surface area contributed by atoms with Gasteiger partial charge in [0.1, 0.15) is 5.75 Å². The van der Waals surface area contributed by atoms with Crippen LogP contribution < -0.4 is 9.46 Å². The third kappa shape index (κ3) is 5.31. The van der Waals surface area contributed by atoms with E-state index in [1.54, 1.807) is 37.5 Å². The van der Waals surface area contributed by atoms with Gasteiger partial charge in [-0.05, 0) is 35.4 Å². The second-order valence-corrected chi connectivity index (χ2v) is 8.11. The smallest absolute Gasteiger partial charge is 0.269 e. The van der Waals surface area contributed by atoms with Crippen molar-refractivity contribution in [3.63, 3.8) is 0 Å². The summed E-state index contributed by atoms with van der Waals surface area (Å²) in [5.41, 5.74) is 1.46. The first-order valence-electron chi connectivity index (χ1n) is 9.03. The van der Waals surface area contributed by atoms with Gasteiger partial charge in [-0.2, -0.15) is 4.72 Å². The fraction of sp³-hybridized carbons (Fsp3) is 0.0909. The molecular weight excluding hydrogens is 404 g/mol. The molecule has 1 N–H and O–H groups in total. The quantitative estimate of drug-likeness (QED) is 0.428. The SMILES string of the molecule is COc1ccc([C@@H](/C=C/c2ccccc2)NS(=O)(=O)c2ccc([N+](=O)[O-])cc2)cc1. The molecule has 0 unspecified atom stereocenters. The number of nitro benzene ring substituents is 1. The summed E-state index contributed by atoms with van der Waals surface area (Å²) in [7, 11) is -2.37. The van der Waals surface area contributed by atoms with Gasteiger partial charge in [-0.1, -0.05) is 54.6 Å². The number of benzene rings is 3. The number of hydrogen-bond acceptors (Lipinski definition) is 5. The zero-order valence-corrected chi connectivity index (χ0v) is 17.0. The van der Waals surface area contributed by atoms with Crippen molar-refractivity contribution in [3.05, 3.63) is 106 Å². The summed E-state index contributed by atoms with van der Waals surface area (Å²) in [6, 6.07) is 20.6. The highest BCUT2D eigenvalue weighted by Gasteiger charge is 2.21. The van der Waals surface area contributed by atoms with Crippen molar-refractivity contribution in [2.24, 2.45) is 0 Å². The second-order valence-electron chi connectivity index (χ2n) is 6.39. The summed E-state index contributed by atoms with van der Waals surface area (Å²) >= 11 is 0. The number of nitrogens with one attached hydrogen (secondary N) is 1. The van der Waals surface area contributed by atoms with E-state index in [2.05, 4.69) is 4.72 Å². The number of rotatable bonds is 8. The lowest BCUT2D eigenvalue weighted by Gasteiger charge is -2.16. The minimum atomic E-state index is -3.93. The van der Waals surface area contributed by atoms with Gasteiger partial charge in [0.2, 0.25) is 10.0 Å². The van der Waals surface area contributed by atoms with Gasteiger partial charge in [-0.25, -0.2) is 8.42 Å². The molecule has 0 fully saturated rings. The lowest BCUT2D eigenvalue weighted by Crippen LogP contribution is -2.27. The topological polar surface area (TPSA) is 98.5 Å². The van der Waals surface area contributed by atoms with Gasteiger partial charge in [-0.15, -0.1) is 0 Å². The fourth-order valence-electron chi connectivity index (χ4n) is 2.78. The minimum absolute atomic E-state index is 0.0558. The summed E-state index contributed by atoms with van der Waals surface area (Å²) < 4.78 is 33.6. The molecule has 0 aliphatic rings. The molecule has 3 aromatic rings. The van der Waals surface area contributed by atoms with Crippen LogP contribution in [0.2, 0.25) is 0 Å². The Bertz CT molecular complexity index is 1130. The molecule has 0 aliphatic heterocycles. The molecule has 0 saturated carbocycles. The molecule has 3 aromatic carbocycles. The molecule has 154 valence electrons. The van der Waals surface area contributed by atoms with Gasteiger partial charge in [0, 0.05) is 12.1 Å². The van der Waals surface area contributed by atoms with Crippen LogP contribution in [0.5, 0.6) is 5.75 Å². The standard InChI is InChI=1S/C22H20N2O5S/c1-29-20-12-8-18(9-13-20)22(16-7-17-5-3-2-4-6-17)23-30(27,28)21-14-10-19(11-15-21)24(25)26/h2-16,22-23H,1H3/b16-7+/t22-/m1/s1. The van der Waals surface area contributed by atoms with Gasteiger partial charge in [0.05, 0.1) is 23.0 Å². The van der Waals surface area contributed by atoms with Crippen LogP contribution in [0.4, 0.5) is 5.69 Å². The molecule has 0 aliphatic carbocycles. The Morgan fingerprint density at radius 2 is 1.60 bits per heavy atom. The van der Waals surface area contributed by atoms with Crippen LogP contribution in [0.1, 0.15) is 17.2 Å². The number of methoxy groups -OCH3 is 1. The van der Waals surface area contributed by atoms with Gasteiger partial charge in [-0.3, -0.25) is 10.1 Å². The van der Waals surface area contributed by atoms with Gasteiger partial charge in [0.15, 0.2) is 0 Å². The molecule has 0 amide bonds. The number of nitro groups is 1. The molecule has 0 saturated heterocycles. The molecule has 3 rings (SSSR count). The summed E-state index contributed by atoms with van der Waals surface area (Å²) in [5.74, 6) is 0.655. The Morgan fingerprint density at radius 3 is 2.17 bits per heavy atom. The number of hydrogen-bond donors (Lipinski definition) is 1. The van der Waals surface area contributed by atoms with Crippen LogP contribution in [0.15, 0.2) is 89.8 Å². The predicted molar refractivity (Wildman–Crippen MR) is 115 cm³/mol. The van der Waals surface area contributed by atoms with Crippen LogP contribution in [-0.2, 0) is 10.0 Å². The maximum atomic E-state index is 12.9. The van der Waals surface area contributed by atoms with Crippen LogP contribution >= 0.6 is 0 Å². The average Bonchev–Trinajstić information content (AvgIpc) is 2.77. The molecule has 0 bridgehead atoms. The summed E-state index contributed by atoms with van der Waals surface area (Å²) in [5, 5.41) is 10.8. The highest BCUT2D eigenvalue weighted by molar-refractivity contribution is 7.89. The number of ether oxygens (including phenoxy) is 1. The lowest BCUT2D eigenvalue weighted by molar-refractivity contribution is -0.384. The molecule has 0 heterocycles. The van der Waals surface area contributed by atoms with E-state index in [4.69, 9.17) is 4.74 Å². The Hall–Kier alpha value is -3.49. The first kappa shape index (κ1) is 21.2. The van der Waals surface area contributed by atoms with Crippen LogP contribution in [-0.4, -0.2) is 20.5 Å². The molecule has 0 radical (unpaired) electrons. The average molecular weight is 424 g/mol. The molecule has 30 heavy (non-hydrogen) atoms. The first-order chi connectivity index (χ1) is 14.4. The van der Waals surface area contributed by atoms with Crippen molar-refractivity contribution in [1.82, 2.24) is 4.72 Å². The van der Waals surface area contributed by atoms with Gasteiger partial charge < -0.3 is 4.74 Å². The van der Waals surface area contributed by atoms with Crippen molar-refractivity contribution < 1.29 is 18.1 Å². The van der Waals surface area contributed by atoms with Crippen LogP contribution in [0.25, 0.3) is 6.08 Å². The van der Waals surface area contributed by atoms with Crippen molar-refractivity contribution in [3.8, 4) is 5.75 Å². The zero-order valence-electron chi connectivity index (χ0n) is 16.1. The molecule has 8 heteroatoms. The first-order valence-corrected chi connectivity index (χ1v) is 10.5. The Balaban J connectivity index is 1.92. The van der Waals surface area contributed by atoms with Crippen LogP contribution in [0, 0.1) is 10.1 Å². The Kier molecular flexibility index (Phi) is 6.61. The molecule has 0 aromatic heterocycles. The fourth-order valence-corrected chi connectivity index (χ4v) is 3.96. The van der Waals surface area contributed by atoms with Crippen LogP contribution in [0.3, 0.4) is 0 Å². The molecule has 0 spiro atoms. The van der Waals surface area contributed by atoms with E-state index < -0.39 is 21.0 Å². The van der Waals surface area contributed by atoms with E-state index in [0.29, 0.717) is 11.3 Å². The number of non-ortho nitro benzene ring substituents is 1. The monoisotopic (exact) mass is 424 g/mol. The van der Waals surface area contributed by atoms with E-state index in [0.717, 1.165) is 17.7 Å². The predicted octanol–water partition coefficient (Wildman–Crippen LogP) is 4.34. The largest absolute Gasteiger partial charge is 0.497 e. The number of sulfonamides is 1. The van der Waals surface area contributed by atoms with Crippen molar-refractivity contribution >= 4 is 21.8 Å². The summed E-state index contributed by atoms with van der Waals surface area (Å²) in [6.07, 6.45) is 3.58. The van der Waals surface area contributed by atoms with Gasteiger partial charge in [0.25, 0.3) is 5.69 Å². The molecule has 7 nitrogen and oxygen atoms in total. The normalized spacial score (nSPS) is 12.6. The van der Waals surface area contributed by atoms with E-state index in [9.17, 15) is 18.5 Å². The summed E-state index contributed by atoms with van der Waals surface area (Å²) in [4.78, 5) is 10.2. The molecule has 1 atom stereocenters. The second kappa shape index (κ2) is 9.34. The third-order valence-corrected chi connectivity index (χ3v) is 5.85. The summed E-state index contributed by atoms with van der Waals surface area (Å²) in [6.45, 7) is 0. The maximum absolute atomic E-state index is 12.9. The Labute approximate surface area is 174 Å². The van der Waals surface area contributed by atoms with Crippen molar-refractivity contribution in [2.45, 2.75) is 10.9 Å². The molecular formula is C22H20N2O5S. The zero-order chi connectivity index (χ0) is 21.6. The van der Waals surface area contributed by atoms with E-state index in [-0.39, 0.29) is 10.6 Å². The highest BCUT2D eigenvalue weighted by atomic mass is 32.2. The van der Waals surface area contributed by atoms with Crippen molar-refractivity contribution in [1.29, 1.82) is 0 Å². The minimum Gasteiger partial charge on any atom is -0.497 e. The van der Waals surface area contributed by atoms with E-state index >= 15 is 0 Å². The maximum Gasteiger partial charge on any atom is 0.269 e. The number of nitrogens with zero attached hydrogens (tertiary/aromatic N) is 1. The van der Waals surface area contributed by atoms with Gasteiger partial charge >= 0.3 is 0 Å². The highest BCUT2D eigenvalue weighted by Crippen LogP contribution is 2.23. The Morgan fingerprint density at radius 1 is 0.967 bits per heavy atom. The van der Waals surface area contributed by atoms with E-state index in [1.165, 1.54) is 12.1 Å². The van der Waals surface area contributed by atoms with Crippen molar-refractivity contribution in [2.75, 3.05) is 7.11 Å². The van der Waals surface area contributed by atoms with E-state index in [1.807, 2.05) is 36.4 Å². The lowest BCUT2D eigenvalue weighted by atomic mass is 10.1. The third-order valence-electron chi connectivity index (χ3n) is 4.40.